The first-order valence-electron chi connectivity index (χ1n) is 23.2. The maximum Gasteiger partial charge on any atom is 0.324 e. The number of aryl methyl sites for hydroxylation is 1. The van der Waals surface area contributed by atoms with Gasteiger partial charge in [0.1, 0.15) is 18.1 Å². The number of nitrogens with zero attached hydrogens (tertiary/aromatic N) is 6. The topological polar surface area (TPSA) is 168 Å². The van der Waals surface area contributed by atoms with Gasteiger partial charge in [0.15, 0.2) is 0 Å². The summed E-state index contributed by atoms with van der Waals surface area (Å²) >= 11 is 1.42. The van der Waals surface area contributed by atoms with Crippen LogP contribution in [0.1, 0.15) is 95.0 Å². The number of hydrazine groups is 1. The number of ether oxygens (including phenoxy) is 2. The van der Waals surface area contributed by atoms with Crippen LogP contribution in [0, 0.1) is 29.1 Å². The van der Waals surface area contributed by atoms with Gasteiger partial charge in [-0.15, -0.1) is 11.3 Å². The first-order valence-corrected chi connectivity index (χ1v) is 24.1. The molecule has 1 aliphatic carbocycles. The molecule has 3 aromatic heterocycles. The Kier molecular flexibility index (Phi) is 14.0. The SMILES string of the molecule is CC#CC(=O)N1CC[C@H](C(=O)N(C)[C@H](C(=O)N[C@H]2Cc3nc(cs3)-c3ccc4c(c3)c(c(-c3cccnc3[C@H](C)OC)n4C)CC(C)(C)COC(=O)[C@@H]3CCCN(N3)C2=O)C2CCCC2)C1. The molecular formula is C50H62N8O7S. The van der Waals surface area contributed by atoms with Gasteiger partial charge in [-0.3, -0.25) is 34.0 Å². The molecule has 5 atom stereocenters. The fourth-order valence-corrected chi connectivity index (χ4v) is 11.2. The van der Waals surface area contributed by atoms with E-state index in [1.54, 1.807) is 37.1 Å². The molecule has 4 aliphatic rings. The van der Waals surface area contributed by atoms with Gasteiger partial charge in [0.05, 0.1) is 40.7 Å². The Hall–Kier alpha value is -5.63. The van der Waals surface area contributed by atoms with E-state index in [0.29, 0.717) is 43.8 Å². The number of hydrogen-bond donors (Lipinski definition) is 2. The molecule has 0 unspecified atom stereocenters. The number of rotatable bonds is 8. The number of methoxy groups -OCH3 is 1. The Morgan fingerprint density at radius 2 is 1.88 bits per heavy atom. The van der Waals surface area contributed by atoms with Crippen LogP contribution < -0.4 is 10.7 Å². The van der Waals surface area contributed by atoms with Gasteiger partial charge in [0.25, 0.3) is 11.8 Å². The molecule has 2 saturated heterocycles. The zero-order valence-corrected chi connectivity index (χ0v) is 40.0. The van der Waals surface area contributed by atoms with Crippen LogP contribution in [-0.2, 0) is 53.3 Å². The van der Waals surface area contributed by atoms with E-state index in [9.17, 15) is 24.0 Å². The molecule has 16 heteroatoms. The molecule has 6 bridgehead atoms. The Balaban J connectivity index is 1.15. The number of carbonyl (C=O) groups is 5. The van der Waals surface area contributed by atoms with Crippen LogP contribution in [0.2, 0.25) is 0 Å². The summed E-state index contributed by atoms with van der Waals surface area (Å²) in [5, 5.41) is 8.21. The van der Waals surface area contributed by atoms with Crippen molar-refractivity contribution in [1.82, 2.24) is 40.1 Å². The lowest BCUT2D eigenvalue weighted by atomic mass is 9.84. The van der Waals surface area contributed by atoms with Crippen molar-refractivity contribution in [1.29, 1.82) is 0 Å². The van der Waals surface area contributed by atoms with Crippen molar-refractivity contribution < 1.29 is 33.4 Å². The zero-order chi connectivity index (χ0) is 46.9. The lowest BCUT2D eigenvalue weighted by Gasteiger charge is -2.37. The number of esters is 1. The van der Waals surface area contributed by atoms with Crippen molar-refractivity contribution >= 4 is 51.8 Å². The minimum Gasteiger partial charge on any atom is -0.464 e. The quantitative estimate of drug-likeness (QED) is 0.168. The number of nitrogens with one attached hydrogen (secondary N) is 2. The van der Waals surface area contributed by atoms with Crippen LogP contribution in [0.3, 0.4) is 0 Å². The van der Waals surface area contributed by atoms with Crippen molar-refractivity contribution in [3.05, 3.63) is 58.2 Å². The number of aromatic nitrogens is 3. The first-order chi connectivity index (χ1) is 31.7. The Labute approximate surface area is 390 Å². The lowest BCUT2D eigenvalue weighted by Crippen LogP contribution is -2.62. The van der Waals surface area contributed by atoms with Crippen LogP contribution in [0.4, 0.5) is 0 Å². The Morgan fingerprint density at radius 1 is 1.09 bits per heavy atom. The van der Waals surface area contributed by atoms with E-state index >= 15 is 0 Å². The van der Waals surface area contributed by atoms with E-state index in [0.717, 1.165) is 70.4 Å². The Bertz CT molecular complexity index is 2570. The molecule has 15 nitrogen and oxygen atoms in total. The molecular weight excluding hydrogens is 857 g/mol. The first kappa shape index (κ1) is 46.9. The molecule has 0 radical (unpaired) electrons. The highest BCUT2D eigenvalue weighted by atomic mass is 32.1. The number of hydrogen-bond acceptors (Lipinski definition) is 11. The number of benzene rings is 1. The summed E-state index contributed by atoms with van der Waals surface area (Å²) in [5.41, 5.74) is 9.19. The van der Waals surface area contributed by atoms with Gasteiger partial charge in [-0.25, -0.2) is 10.4 Å². The van der Waals surface area contributed by atoms with Crippen LogP contribution in [0.5, 0.6) is 0 Å². The summed E-state index contributed by atoms with van der Waals surface area (Å²) in [7, 11) is 5.40. The summed E-state index contributed by atoms with van der Waals surface area (Å²) in [6.45, 7) is 8.89. The molecule has 3 aliphatic heterocycles. The largest absolute Gasteiger partial charge is 0.464 e. The van der Waals surface area contributed by atoms with Crippen molar-refractivity contribution in [3.63, 3.8) is 0 Å². The van der Waals surface area contributed by atoms with E-state index in [-0.39, 0.29) is 43.4 Å². The van der Waals surface area contributed by atoms with Gasteiger partial charge < -0.3 is 29.2 Å². The molecule has 0 spiro atoms. The fourth-order valence-electron chi connectivity index (χ4n) is 10.4. The van der Waals surface area contributed by atoms with Gasteiger partial charge >= 0.3 is 5.97 Å². The molecule has 6 heterocycles. The van der Waals surface area contributed by atoms with Gasteiger partial charge in [-0.2, -0.15) is 0 Å². The average molecular weight is 919 g/mol. The van der Waals surface area contributed by atoms with Crippen molar-refractivity contribution in [2.45, 2.75) is 110 Å². The van der Waals surface area contributed by atoms with Crippen LogP contribution in [0.15, 0.2) is 41.9 Å². The molecule has 3 fully saturated rings. The predicted octanol–water partition coefficient (Wildman–Crippen LogP) is 5.61. The normalized spacial score (nSPS) is 22.3. The third-order valence-electron chi connectivity index (χ3n) is 13.9. The van der Waals surface area contributed by atoms with Crippen molar-refractivity contribution in [3.8, 4) is 34.4 Å². The van der Waals surface area contributed by atoms with E-state index in [1.165, 1.54) is 16.3 Å². The second-order valence-electron chi connectivity index (χ2n) is 19.1. The summed E-state index contributed by atoms with van der Waals surface area (Å²) in [5.74, 6) is 2.85. The van der Waals surface area contributed by atoms with E-state index in [2.05, 4.69) is 72.3 Å². The number of thiazole rings is 1. The molecule has 2 N–H and O–H groups in total. The van der Waals surface area contributed by atoms with Crippen molar-refractivity contribution in [2.24, 2.45) is 24.3 Å². The highest BCUT2D eigenvalue weighted by Crippen LogP contribution is 2.41. The minimum absolute atomic E-state index is 0.0916. The number of pyridine rings is 1. The van der Waals surface area contributed by atoms with Gasteiger partial charge in [-0.05, 0) is 94.0 Å². The van der Waals surface area contributed by atoms with Crippen LogP contribution in [-0.4, -0.2) is 117 Å². The number of fused-ring (bicyclic) bond motifs is 6. The van der Waals surface area contributed by atoms with E-state index < -0.39 is 47.2 Å². The molecule has 4 aromatic rings. The molecule has 66 heavy (non-hydrogen) atoms. The van der Waals surface area contributed by atoms with Gasteiger partial charge in [0.2, 0.25) is 11.8 Å². The predicted molar refractivity (Wildman–Crippen MR) is 251 cm³/mol. The third kappa shape index (κ3) is 9.61. The lowest BCUT2D eigenvalue weighted by molar-refractivity contribution is -0.155. The number of cyclic esters (lactones) is 1. The summed E-state index contributed by atoms with van der Waals surface area (Å²) in [6.07, 6.45) is 7.10. The fraction of sp³-hybridized carbons (Fsp3) is 0.540. The maximum absolute atomic E-state index is 14.8. The highest BCUT2D eigenvalue weighted by molar-refractivity contribution is 7.10. The van der Waals surface area contributed by atoms with E-state index in [1.807, 2.05) is 18.4 Å². The molecule has 8 rings (SSSR count). The van der Waals surface area contributed by atoms with E-state index in [4.69, 9.17) is 19.4 Å². The molecule has 1 aromatic carbocycles. The van der Waals surface area contributed by atoms with Crippen LogP contribution in [0.25, 0.3) is 33.4 Å². The summed E-state index contributed by atoms with van der Waals surface area (Å²) in [4.78, 5) is 83.1. The number of amides is 4. The molecule has 350 valence electrons. The number of carbonyl (C=O) groups excluding carboxylic acids is 5. The summed E-state index contributed by atoms with van der Waals surface area (Å²) < 4.78 is 14.1. The van der Waals surface area contributed by atoms with Crippen molar-refractivity contribution in [2.75, 3.05) is 40.4 Å². The zero-order valence-electron chi connectivity index (χ0n) is 39.1. The maximum atomic E-state index is 14.8. The monoisotopic (exact) mass is 918 g/mol. The number of likely N-dealkylation sites (N-methyl/N-ethyl adjacent to an activating group) is 1. The smallest absolute Gasteiger partial charge is 0.324 e. The average Bonchev–Trinajstić information content (AvgIpc) is 4.16. The Morgan fingerprint density at radius 3 is 2.64 bits per heavy atom. The van der Waals surface area contributed by atoms with Gasteiger partial charge in [0, 0.05) is 86.3 Å². The van der Waals surface area contributed by atoms with Crippen LogP contribution >= 0.6 is 11.3 Å². The summed E-state index contributed by atoms with van der Waals surface area (Å²) in [6, 6.07) is 7.67. The third-order valence-corrected chi connectivity index (χ3v) is 14.8. The standard InChI is InChI=1S/C50H62N8O7S/c1-8-13-42(59)57-23-20-33(27-57)47(61)56(6)44(31-14-9-10-15-31)46(60)53-38-25-41-52-39(28-66-41)32-18-19-40-35(24-32)36(45(55(40)5)34-16-11-21-51-43(34)30(2)64-7)26-50(3,4)29-65-49(63)37-17-12-22-58(54-37)48(38)62/h11,16,18-19,21,24,28,30-31,33,37-38,44,54H,9-10,12,14-15,17,20,22-23,25-27,29H2,1-7H3,(H,53,60)/t30-,33-,37-,38-,44-/m0/s1. The molecule has 4 amide bonds. The molecule has 1 saturated carbocycles. The van der Waals surface area contributed by atoms with Gasteiger partial charge in [-0.1, -0.05) is 38.7 Å². The second-order valence-corrected chi connectivity index (χ2v) is 20.1. The second kappa shape index (κ2) is 19.7. The highest BCUT2D eigenvalue weighted by Gasteiger charge is 2.42. The number of likely N-dealkylation sites (tertiary alicyclic amines) is 1. The minimum atomic E-state index is -1.06.